The third-order valence-electron chi connectivity index (χ3n) is 3.66. The van der Waals surface area contributed by atoms with Crippen LogP contribution in [0.2, 0.25) is 0 Å². The Balaban J connectivity index is 1.70. The molecule has 5 nitrogen and oxygen atoms in total. The highest BCUT2D eigenvalue weighted by molar-refractivity contribution is 7.14. The van der Waals surface area contributed by atoms with Crippen molar-refractivity contribution < 1.29 is 9.59 Å². The molecule has 1 N–H and O–H groups in total. The van der Waals surface area contributed by atoms with Gasteiger partial charge in [-0.3, -0.25) is 10.1 Å². The van der Waals surface area contributed by atoms with Crippen LogP contribution < -0.4 is 5.32 Å². The van der Waals surface area contributed by atoms with E-state index in [1.54, 1.807) is 16.2 Å². The molecule has 18 heavy (non-hydrogen) atoms. The highest BCUT2D eigenvalue weighted by atomic mass is 32.1. The molecule has 0 saturated carbocycles. The van der Waals surface area contributed by atoms with E-state index in [4.69, 9.17) is 0 Å². The van der Waals surface area contributed by atoms with Gasteiger partial charge in [-0.05, 0) is 24.3 Å². The summed E-state index contributed by atoms with van der Waals surface area (Å²) in [6.45, 7) is 2.18. The van der Waals surface area contributed by atoms with E-state index in [-0.39, 0.29) is 12.1 Å². The summed E-state index contributed by atoms with van der Waals surface area (Å²) in [7, 11) is 0. The lowest BCUT2D eigenvalue weighted by Gasteiger charge is -2.39. The summed E-state index contributed by atoms with van der Waals surface area (Å²) in [5.41, 5.74) is 1.19. The minimum Gasteiger partial charge on any atom is -0.345 e. The number of likely N-dealkylation sites (tertiary alicyclic amines) is 1. The lowest BCUT2D eigenvalue weighted by Crippen LogP contribution is -2.49. The van der Waals surface area contributed by atoms with Crippen LogP contribution in [0.4, 0.5) is 9.80 Å². The van der Waals surface area contributed by atoms with Crippen molar-refractivity contribution in [2.24, 2.45) is 0 Å². The number of piperidine rings is 1. The summed E-state index contributed by atoms with van der Waals surface area (Å²) in [5, 5.41) is 5.91. The van der Waals surface area contributed by atoms with Crippen molar-refractivity contribution in [3.05, 3.63) is 17.0 Å². The van der Waals surface area contributed by atoms with E-state index in [0.717, 1.165) is 37.3 Å². The van der Waals surface area contributed by atoms with Gasteiger partial charge in [0.1, 0.15) is 5.00 Å². The van der Waals surface area contributed by atoms with Crippen molar-refractivity contribution in [3.8, 4) is 0 Å². The van der Waals surface area contributed by atoms with Gasteiger partial charge < -0.3 is 9.80 Å². The number of amides is 3. The lowest BCUT2D eigenvalue weighted by molar-refractivity contribution is -0.119. The molecule has 6 heteroatoms. The molecule has 3 amide bonds. The number of thiophene rings is 1. The number of anilines is 1. The van der Waals surface area contributed by atoms with Crippen molar-refractivity contribution in [3.63, 3.8) is 0 Å². The van der Waals surface area contributed by atoms with Crippen LogP contribution in [0.1, 0.15) is 18.4 Å². The van der Waals surface area contributed by atoms with E-state index in [9.17, 15) is 9.59 Å². The third-order valence-corrected chi connectivity index (χ3v) is 4.53. The Bertz CT molecular complexity index is 466. The molecule has 96 valence electrons. The van der Waals surface area contributed by atoms with Gasteiger partial charge in [-0.25, -0.2) is 4.79 Å². The Morgan fingerprint density at radius 2 is 2.17 bits per heavy atom. The molecule has 0 unspecified atom stereocenters. The van der Waals surface area contributed by atoms with E-state index in [1.807, 2.05) is 10.3 Å². The normalized spacial score (nSPS) is 20.6. The van der Waals surface area contributed by atoms with Crippen LogP contribution in [-0.4, -0.2) is 41.4 Å². The van der Waals surface area contributed by atoms with Crippen LogP contribution in [0.25, 0.3) is 0 Å². The molecule has 3 heterocycles. The third kappa shape index (κ3) is 1.96. The Kier molecular flexibility index (Phi) is 2.95. The summed E-state index contributed by atoms with van der Waals surface area (Å²) in [6.07, 6.45) is 2.63. The fourth-order valence-electron chi connectivity index (χ4n) is 2.59. The molecule has 0 spiro atoms. The van der Waals surface area contributed by atoms with Crippen LogP contribution in [0, 0.1) is 0 Å². The van der Waals surface area contributed by atoms with Crippen molar-refractivity contribution in [1.29, 1.82) is 0 Å². The molecular formula is C12H15N3O2S. The number of hydrogen-bond acceptors (Lipinski definition) is 3. The maximum Gasteiger partial charge on any atom is 0.323 e. The molecule has 1 aromatic rings. The smallest absolute Gasteiger partial charge is 0.323 e. The first-order valence-electron chi connectivity index (χ1n) is 6.11. The van der Waals surface area contributed by atoms with Gasteiger partial charge in [-0.2, -0.15) is 0 Å². The Morgan fingerprint density at radius 1 is 1.39 bits per heavy atom. The van der Waals surface area contributed by atoms with E-state index < -0.39 is 0 Å². The number of carbonyl (C=O) groups is 2. The molecule has 0 aromatic carbocycles. The molecule has 0 atom stereocenters. The molecule has 3 rings (SSSR count). The van der Waals surface area contributed by atoms with Crippen LogP contribution in [0.3, 0.4) is 0 Å². The summed E-state index contributed by atoms with van der Waals surface area (Å²) >= 11 is 1.57. The van der Waals surface area contributed by atoms with E-state index >= 15 is 0 Å². The minimum atomic E-state index is -0.00509. The second kappa shape index (κ2) is 4.61. The Morgan fingerprint density at radius 3 is 2.89 bits per heavy atom. The first-order valence-corrected chi connectivity index (χ1v) is 6.99. The molecule has 1 fully saturated rings. The number of fused-ring (bicyclic) bond motifs is 1. The first kappa shape index (κ1) is 11.5. The van der Waals surface area contributed by atoms with Crippen molar-refractivity contribution in [1.82, 2.24) is 9.80 Å². The molecule has 2 aliphatic heterocycles. The second-order valence-electron chi connectivity index (χ2n) is 4.71. The maximum absolute atomic E-state index is 12.0. The van der Waals surface area contributed by atoms with Crippen molar-refractivity contribution in [2.75, 3.05) is 18.4 Å². The van der Waals surface area contributed by atoms with E-state index in [1.165, 1.54) is 5.56 Å². The average Bonchev–Trinajstić information content (AvgIpc) is 2.85. The van der Waals surface area contributed by atoms with Gasteiger partial charge >= 0.3 is 6.03 Å². The second-order valence-corrected chi connectivity index (χ2v) is 5.62. The van der Waals surface area contributed by atoms with Crippen LogP contribution in [-0.2, 0) is 11.3 Å². The largest absolute Gasteiger partial charge is 0.345 e. The quantitative estimate of drug-likeness (QED) is 0.828. The fraction of sp³-hybridized carbons (Fsp3) is 0.500. The topological polar surface area (TPSA) is 52.7 Å². The maximum atomic E-state index is 12.0. The molecular weight excluding hydrogens is 250 g/mol. The minimum absolute atomic E-state index is 0.00509. The predicted molar refractivity (Wildman–Crippen MR) is 69.5 cm³/mol. The first-order chi connectivity index (χ1) is 8.78. The number of urea groups is 1. The zero-order valence-corrected chi connectivity index (χ0v) is 10.8. The molecule has 0 radical (unpaired) electrons. The summed E-state index contributed by atoms with van der Waals surface area (Å²) in [5.74, 6) is 0. The van der Waals surface area contributed by atoms with Crippen molar-refractivity contribution >= 4 is 28.8 Å². The molecule has 0 aliphatic carbocycles. The predicted octanol–water partition coefficient (Wildman–Crippen LogP) is 1.72. The standard InChI is InChI=1S/C12H15N3O2S/c16-8-14-4-1-10(2-5-14)15-7-9-3-6-18-11(9)13-12(15)17/h3,6,8,10H,1-2,4-5,7H2,(H,13,17). The van der Waals surface area contributed by atoms with Gasteiger partial charge in [-0.1, -0.05) is 0 Å². The van der Waals surface area contributed by atoms with E-state index in [0.29, 0.717) is 6.54 Å². The summed E-state index contributed by atoms with van der Waals surface area (Å²) < 4.78 is 0. The van der Waals surface area contributed by atoms with Gasteiger partial charge in [0.05, 0.1) is 6.54 Å². The van der Waals surface area contributed by atoms with Gasteiger partial charge in [0, 0.05) is 24.7 Å². The Labute approximate surface area is 109 Å². The highest BCUT2D eigenvalue weighted by Gasteiger charge is 2.31. The molecule has 1 aromatic heterocycles. The molecule has 0 bridgehead atoms. The van der Waals surface area contributed by atoms with Gasteiger partial charge in [0.15, 0.2) is 0 Å². The number of carbonyl (C=O) groups excluding carboxylic acids is 2. The SMILES string of the molecule is O=CN1CCC(N2Cc3ccsc3NC2=O)CC1. The molecule has 1 saturated heterocycles. The zero-order valence-electron chi connectivity index (χ0n) is 9.96. The number of nitrogens with one attached hydrogen (secondary N) is 1. The summed E-state index contributed by atoms with van der Waals surface area (Å²) in [6, 6.07) is 2.30. The van der Waals surface area contributed by atoms with Gasteiger partial charge in [-0.15, -0.1) is 11.3 Å². The van der Waals surface area contributed by atoms with Crippen LogP contribution in [0.15, 0.2) is 11.4 Å². The van der Waals surface area contributed by atoms with Crippen molar-refractivity contribution in [2.45, 2.75) is 25.4 Å². The number of nitrogens with zero attached hydrogens (tertiary/aromatic N) is 2. The van der Waals surface area contributed by atoms with E-state index in [2.05, 4.69) is 11.4 Å². The van der Waals surface area contributed by atoms with Gasteiger partial charge in [0.2, 0.25) is 6.41 Å². The molecule has 2 aliphatic rings. The Hall–Kier alpha value is -1.56. The van der Waals surface area contributed by atoms with Gasteiger partial charge in [0.25, 0.3) is 0 Å². The number of hydrogen-bond donors (Lipinski definition) is 1. The fourth-order valence-corrected chi connectivity index (χ4v) is 3.39. The van der Waals surface area contributed by atoms with Crippen LogP contribution >= 0.6 is 11.3 Å². The zero-order chi connectivity index (χ0) is 12.5. The average molecular weight is 265 g/mol. The van der Waals surface area contributed by atoms with Crippen LogP contribution in [0.5, 0.6) is 0 Å². The highest BCUT2D eigenvalue weighted by Crippen LogP contribution is 2.31. The monoisotopic (exact) mass is 265 g/mol. The summed E-state index contributed by atoms with van der Waals surface area (Å²) in [4.78, 5) is 26.4. The number of rotatable bonds is 2. The lowest BCUT2D eigenvalue weighted by atomic mass is 10.0.